The molecule has 0 aliphatic heterocycles. The summed E-state index contributed by atoms with van der Waals surface area (Å²) in [6.45, 7) is 3.06. The molecule has 0 aliphatic carbocycles. The highest BCUT2D eigenvalue weighted by Crippen LogP contribution is 2.21. The van der Waals surface area contributed by atoms with Gasteiger partial charge in [-0.05, 0) is 13.0 Å². The smallest absolute Gasteiger partial charge is 0.316 e. The molecule has 1 N–H and O–H groups in total. The van der Waals surface area contributed by atoms with E-state index in [1.54, 1.807) is 30.8 Å². The van der Waals surface area contributed by atoms with Crippen molar-refractivity contribution in [2.24, 2.45) is 0 Å². The molecule has 1 atom stereocenters. The Morgan fingerprint density at radius 3 is 2.67 bits per heavy atom. The second-order valence-corrected chi connectivity index (χ2v) is 4.52. The van der Waals surface area contributed by atoms with Crippen LogP contribution in [0.4, 0.5) is 0 Å². The molecule has 0 saturated heterocycles. The molecular weight excluding hydrogens is 248 g/mol. The number of aromatic nitrogens is 3. The minimum Gasteiger partial charge on any atom is -0.467 e. The van der Waals surface area contributed by atoms with Crippen molar-refractivity contribution in [2.45, 2.75) is 19.4 Å². The first kappa shape index (κ1) is 12.9. The predicted molar refractivity (Wildman–Crippen MR) is 70.8 cm³/mol. The standard InChI is InChI=1S/C12H16N4OS/c1-3-4-13-11(10-7-18-8-16-10)9-5-14-12(17-2)15-6-9/h5-8,11,13H,3-4H2,1-2H3. The van der Waals surface area contributed by atoms with Crippen LogP contribution in [0.5, 0.6) is 6.01 Å². The molecule has 0 fully saturated rings. The molecule has 0 amide bonds. The summed E-state index contributed by atoms with van der Waals surface area (Å²) < 4.78 is 4.96. The minimum atomic E-state index is 0.0436. The fourth-order valence-corrected chi connectivity index (χ4v) is 2.21. The molecule has 2 aromatic heterocycles. The van der Waals surface area contributed by atoms with E-state index in [-0.39, 0.29) is 6.04 Å². The van der Waals surface area contributed by atoms with Crippen molar-refractivity contribution in [3.8, 4) is 6.01 Å². The van der Waals surface area contributed by atoms with E-state index in [0.29, 0.717) is 6.01 Å². The Labute approximate surface area is 110 Å². The quantitative estimate of drug-likeness (QED) is 0.865. The second-order valence-electron chi connectivity index (χ2n) is 3.80. The minimum absolute atomic E-state index is 0.0436. The summed E-state index contributed by atoms with van der Waals surface area (Å²) in [5.74, 6) is 0. The van der Waals surface area contributed by atoms with Crippen LogP contribution in [0.1, 0.15) is 30.6 Å². The molecular formula is C12H16N4OS. The van der Waals surface area contributed by atoms with Gasteiger partial charge in [-0.2, -0.15) is 0 Å². The fourth-order valence-electron chi connectivity index (χ4n) is 1.63. The Morgan fingerprint density at radius 1 is 1.33 bits per heavy atom. The van der Waals surface area contributed by atoms with Gasteiger partial charge in [-0.1, -0.05) is 6.92 Å². The average molecular weight is 264 g/mol. The number of hydrogen-bond donors (Lipinski definition) is 1. The summed E-state index contributed by atoms with van der Waals surface area (Å²) in [6, 6.07) is 0.424. The molecule has 96 valence electrons. The third-order valence-corrected chi connectivity index (χ3v) is 3.11. The van der Waals surface area contributed by atoms with Crippen LogP contribution in [0.25, 0.3) is 0 Å². The zero-order valence-corrected chi connectivity index (χ0v) is 11.3. The normalized spacial score (nSPS) is 12.3. The summed E-state index contributed by atoms with van der Waals surface area (Å²) in [5.41, 5.74) is 3.83. The molecule has 6 heteroatoms. The number of thiazole rings is 1. The highest BCUT2D eigenvalue weighted by Gasteiger charge is 2.16. The number of nitrogens with zero attached hydrogens (tertiary/aromatic N) is 3. The molecule has 2 aromatic rings. The lowest BCUT2D eigenvalue weighted by Gasteiger charge is -2.16. The third-order valence-electron chi connectivity index (χ3n) is 2.51. The number of hydrogen-bond acceptors (Lipinski definition) is 6. The lowest BCUT2D eigenvalue weighted by Crippen LogP contribution is -2.23. The van der Waals surface area contributed by atoms with Crippen molar-refractivity contribution in [3.63, 3.8) is 0 Å². The van der Waals surface area contributed by atoms with Crippen LogP contribution in [-0.4, -0.2) is 28.6 Å². The summed E-state index contributed by atoms with van der Waals surface area (Å²) in [4.78, 5) is 12.6. The maximum atomic E-state index is 4.96. The maximum absolute atomic E-state index is 4.96. The van der Waals surface area contributed by atoms with Crippen molar-refractivity contribution in [1.29, 1.82) is 0 Å². The molecule has 18 heavy (non-hydrogen) atoms. The van der Waals surface area contributed by atoms with Crippen molar-refractivity contribution >= 4 is 11.3 Å². The van der Waals surface area contributed by atoms with E-state index in [2.05, 4.69) is 27.2 Å². The molecule has 0 aromatic carbocycles. The van der Waals surface area contributed by atoms with Crippen LogP contribution >= 0.6 is 11.3 Å². The molecule has 0 bridgehead atoms. The van der Waals surface area contributed by atoms with E-state index < -0.39 is 0 Å². The lowest BCUT2D eigenvalue weighted by atomic mass is 10.1. The topological polar surface area (TPSA) is 59.9 Å². The van der Waals surface area contributed by atoms with Crippen LogP contribution in [0.3, 0.4) is 0 Å². The zero-order chi connectivity index (χ0) is 12.8. The molecule has 0 aliphatic rings. The maximum Gasteiger partial charge on any atom is 0.316 e. The summed E-state index contributed by atoms with van der Waals surface area (Å²) in [5, 5.41) is 5.49. The number of methoxy groups -OCH3 is 1. The molecule has 0 saturated carbocycles. The second kappa shape index (κ2) is 6.42. The van der Waals surface area contributed by atoms with Gasteiger partial charge in [0.1, 0.15) is 0 Å². The first-order chi connectivity index (χ1) is 8.85. The summed E-state index contributed by atoms with van der Waals surface area (Å²) in [6.07, 6.45) is 4.62. The van der Waals surface area contributed by atoms with E-state index in [1.165, 1.54) is 0 Å². The fraction of sp³-hybridized carbons (Fsp3) is 0.417. The number of ether oxygens (including phenoxy) is 1. The summed E-state index contributed by atoms with van der Waals surface area (Å²) in [7, 11) is 1.56. The number of rotatable bonds is 6. The molecule has 5 nitrogen and oxygen atoms in total. The zero-order valence-electron chi connectivity index (χ0n) is 10.5. The molecule has 2 rings (SSSR count). The predicted octanol–water partition coefficient (Wildman–Crippen LogP) is 2.03. The molecule has 1 unspecified atom stereocenters. The Balaban J connectivity index is 2.21. The van der Waals surface area contributed by atoms with E-state index in [9.17, 15) is 0 Å². The van der Waals surface area contributed by atoms with Crippen LogP contribution < -0.4 is 10.1 Å². The van der Waals surface area contributed by atoms with Gasteiger partial charge in [-0.25, -0.2) is 15.0 Å². The van der Waals surface area contributed by atoms with Gasteiger partial charge in [0.15, 0.2) is 0 Å². The van der Waals surface area contributed by atoms with Crippen LogP contribution in [0.2, 0.25) is 0 Å². The SMILES string of the molecule is CCCNC(c1cnc(OC)nc1)c1cscn1. The Hall–Kier alpha value is -1.53. The van der Waals surface area contributed by atoms with E-state index in [4.69, 9.17) is 4.74 Å². The van der Waals surface area contributed by atoms with Crippen molar-refractivity contribution < 1.29 is 4.74 Å². The van der Waals surface area contributed by atoms with E-state index >= 15 is 0 Å². The van der Waals surface area contributed by atoms with Gasteiger partial charge in [-0.15, -0.1) is 11.3 Å². The highest BCUT2D eigenvalue weighted by molar-refractivity contribution is 7.07. The van der Waals surface area contributed by atoms with E-state index in [1.807, 2.05) is 10.9 Å². The van der Waals surface area contributed by atoms with Crippen LogP contribution in [-0.2, 0) is 0 Å². The van der Waals surface area contributed by atoms with Crippen molar-refractivity contribution in [3.05, 3.63) is 34.5 Å². The van der Waals surface area contributed by atoms with Crippen LogP contribution in [0.15, 0.2) is 23.3 Å². The Morgan fingerprint density at radius 2 is 2.11 bits per heavy atom. The Kier molecular flexibility index (Phi) is 4.60. The molecule has 2 heterocycles. The van der Waals surface area contributed by atoms with Crippen molar-refractivity contribution in [2.75, 3.05) is 13.7 Å². The molecule has 0 radical (unpaired) electrons. The summed E-state index contributed by atoms with van der Waals surface area (Å²) >= 11 is 1.59. The van der Waals surface area contributed by atoms with Gasteiger partial charge in [0, 0.05) is 23.3 Å². The Bertz CT molecular complexity index is 457. The van der Waals surface area contributed by atoms with Gasteiger partial charge in [-0.3, -0.25) is 0 Å². The van der Waals surface area contributed by atoms with Crippen LogP contribution in [0, 0.1) is 0 Å². The highest BCUT2D eigenvalue weighted by atomic mass is 32.1. The third kappa shape index (κ3) is 3.02. The first-order valence-electron chi connectivity index (χ1n) is 5.82. The van der Waals surface area contributed by atoms with Gasteiger partial charge in [0.2, 0.25) is 0 Å². The van der Waals surface area contributed by atoms with Gasteiger partial charge in [0.25, 0.3) is 0 Å². The molecule has 0 spiro atoms. The lowest BCUT2D eigenvalue weighted by molar-refractivity contribution is 0.378. The van der Waals surface area contributed by atoms with Gasteiger partial charge < -0.3 is 10.1 Å². The average Bonchev–Trinajstić information content (AvgIpc) is 2.94. The first-order valence-corrected chi connectivity index (χ1v) is 6.76. The monoisotopic (exact) mass is 264 g/mol. The van der Waals surface area contributed by atoms with Crippen molar-refractivity contribution in [1.82, 2.24) is 20.3 Å². The van der Waals surface area contributed by atoms with Gasteiger partial charge >= 0.3 is 6.01 Å². The largest absolute Gasteiger partial charge is 0.467 e. The van der Waals surface area contributed by atoms with E-state index in [0.717, 1.165) is 24.2 Å². The van der Waals surface area contributed by atoms with Gasteiger partial charge in [0.05, 0.1) is 24.4 Å². The number of nitrogens with one attached hydrogen (secondary N) is 1.